The molecule has 1 atom stereocenters. The van der Waals surface area contributed by atoms with Crippen molar-refractivity contribution in [1.29, 1.82) is 0 Å². The van der Waals surface area contributed by atoms with Gasteiger partial charge < -0.3 is 32.6 Å². The smallest absolute Gasteiger partial charge is 0.410 e. The molecule has 2 aliphatic rings. The molecule has 1 amide bonds. The summed E-state index contributed by atoms with van der Waals surface area (Å²) in [5, 5.41) is 5.70. The Kier molecular flexibility index (Phi) is 5.02. The third-order valence-electron chi connectivity index (χ3n) is 3.14. The number of rotatable bonds is 2. The van der Waals surface area contributed by atoms with E-state index in [0.29, 0.717) is 19.5 Å². The van der Waals surface area contributed by atoms with Crippen LogP contribution in [-0.2, 0) is 4.74 Å². The van der Waals surface area contributed by atoms with Gasteiger partial charge >= 0.3 is 6.09 Å². The highest BCUT2D eigenvalue weighted by atomic mass is 32.2. The summed E-state index contributed by atoms with van der Waals surface area (Å²) in [6, 6.07) is 0. The van der Waals surface area contributed by atoms with Crippen LogP contribution in [0.4, 0.5) is 4.79 Å². The van der Waals surface area contributed by atoms with E-state index in [1.54, 1.807) is 9.91 Å². The molecule has 0 aliphatic carbocycles. The minimum absolute atomic E-state index is 0.0628. The van der Waals surface area contributed by atoms with E-state index in [1.165, 1.54) is 11.8 Å². The molecule has 0 aromatic carbocycles. The van der Waals surface area contributed by atoms with E-state index >= 15 is 0 Å². The third-order valence-corrected chi connectivity index (χ3v) is 4.31. The second kappa shape index (κ2) is 6.67. The molecule has 24 heavy (non-hydrogen) atoms. The van der Waals surface area contributed by atoms with Crippen LogP contribution < -0.4 is 22.9 Å². The summed E-state index contributed by atoms with van der Waals surface area (Å²) >= 11 is 1.40. The zero-order chi connectivity index (χ0) is 18.1. The Morgan fingerprint density at radius 2 is 1.92 bits per heavy atom. The van der Waals surface area contributed by atoms with Crippen molar-refractivity contribution in [3.63, 3.8) is 0 Å². The number of hydrogen-bond acceptors (Lipinski definition) is 6. The lowest BCUT2D eigenvalue weighted by Gasteiger charge is -2.31. The van der Waals surface area contributed by atoms with Crippen LogP contribution in [0.2, 0.25) is 0 Å². The highest BCUT2D eigenvalue weighted by molar-refractivity contribution is 8.03. The Hall–Kier alpha value is -2.30. The summed E-state index contributed by atoms with van der Waals surface area (Å²) in [6.07, 6.45) is 0.225. The van der Waals surface area contributed by atoms with Crippen molar-refractivity contribution in [1.82, 2.24) is 9.91 Å². The van der Waals surface area contributed by atoms with Gasteiger partial charge in [-0.15, -0.1) is 5.10 Å². The van der Waals surface area contributed by atoms with Crippen LogP contribution in [0.3, 0.4) is 0 Å². The summed E-state index contributed by atoms with van der Waals surface area (Å²) in [7, 11) is 0. The zero-order valence-corrected chi connectivity index (χ0v) is 14.8. The monoisotopic (exact) mass is 356 g/mol. The first-order chi connectivity index (χ1) is 11.1. The molecule has 0 bridgehead atoms. The lowest BCUT2D eigenvalue weighted by molar-refractivity contribution is 0.0259. The second-order valence-corrected chi connectivity index (χ2v) is 7.54. The number of hydrogen-bond donors (Lipinski definition) is 4. The van der Waals surface area contributed by atoms with E-state index in [-0.39, 0.29) is 18.0 Å². The van der Waals surface area contributed by atoms with Crippen LogP contribution in [0.25, 0.3) is 0 Å². The van der Waals surface area contributed by atoms with E-state index in [1.807, 2.05) is 20.8 Å². The number of ether oxygens (including phenoxy) is 1. The maximum atomic E-state index is 12.2. The average Bonchev–Trinajstić information content (AvgIpc) is 2.72. The largest absolute Gasteiger partial charge is 0.444 e. The number of guanidine groups is 2. The Morgan fingerprint density at radius 3 is 2.46 bits per heavy atom. The predicted molar refractivity (Wildman–Crippen MR) is 94.3 cm³/mol. The molecule has 2 heterocycles. The fourth-order valence-electron chi connectivity index (χ4n) is 2.31. The summed E-state index contributed by atoms with van der Waals surface area (Å²) in [6.45, 7) is 6.40. The molecule has 0 aromatic rings. The van der Waals surface area contributed by atoms with Crippen LogP contribution >= 0.6 is 11.8 Å². The first-order valence-electron chi connectivity index (χ1n) is 7.41. The van der Waals surface area contributed by atoms with Gasteiger partial charge in [0.15, 0.2) is 11.5 Å². The maximum Gasteiger partial charge on any atom is 0.410 e. The zero-order valence-electron chi connectivity index (χ0n) is 14.0. The SMILES string of the molecule is CC(C)(C)OC(=O)N1CCC2=C(C1)SC(N=C(N)N)N2N=C(N)N. The van der Waals surface area contributed by atoms with Crippen molar-refractivity contribution >= 4 is 29.8 Å². The highest BCUT2D eigenvalue weighted by Crippen LogP contribution is 2.43. The van der Waals surface area contributed by atoms with Gasteiger partial charge in [-0.2, -0.15) is 0 Å². The van der Waals surface area contributed by atoms with Crippen LogP contribution in [0.5, 0.6) is 0 Å². The second-order valence-electron chi connectivity index (χ2n) is 6.39. The minimum atomic E-state index is -0.542. The number of nitrogens with two attached hydrogens (primary N) is 4. The molecule has 8 N–H and O–H groups in total. The molecule has 1 unspecified atom stereocenters. The maximum absolute atomic E-state index is 12.2. The molecule has 0 saturated carbocycles. The van der Waals surface area contributed by atoms with Crippen molar-refractivity contribution in [3.05, 3.63) is 10.6 Å². The van der Waals surface area contributed by atoms with Crippen LogP contribution in [0, 0.1) is 0 Å². The van der Waals surface area contributed by atoms with Gasteiger partial charge in [0, 0.05) is 17.9 Å². The number of hydrazone groups is 1. The van der Waals surface area contributed by atoms with E-state index in [4.69, 9.17) is 27.7 Å². The van der Waals surface area contributed by atoms with Crippen molar-refractivity contribution in [2.45, 2.75) is 38.3 Å². The average molecular weight is 356 g/mol. The molecule has 2 aliphatic heterocycles. The van der Waals surface area contributed by atoms with Crippen molar-refractivity contribution in [2.24, 2.45) is 33.0 Å². The van der Waals surface area contributed by atoms with Crippen LogP contribution in [0.15, 0.2) is 20.7 Å². The first-order valence-corrected chi connectivity index (χ1v) is 8.29. The molecular formula is C13H24N8O2S. The Labute approximate surface area is 144 Å². The van der Waals surface area contributed by atoms with Gasteiger partial charge in [-0.25, -0.2) is 14.8 Å². The lowest BCUT2D eigenvalue weighted by Crippen LogP contribution is -2.41. The molecular weight excluding hydrogens is 332 g/mol. The van der Waals surface area contributed by atoms with Crippen molar-refractivity contribution < 1.29 is 9.53 Å². The first kappa shape index (κ1) is 18.0. The number of thioether (sulfide) groups is 1. The summed E-state index contributed by atoms with van der Waals surface area (Å²) in [5.74, 6) is -0.151. The van der Waals surface area contributed by atoms with Crippen molar-refractivity contribution in [2.75, 3.05) is 13.1 Å². The van der Waals surface area contributed by atoms with Gasteiger partial charge in [0.25, 0.3) is 0 Å². The lowest BCUT2D eigenvalue weighted by atomic mass is 10.2. The van der Waals surface area contributed by atoms with Gasteiger partial charge in [0.1, 0.15) is 5.60 Å². The quantitative estimate of drug-likeness (QED) is 0.385. The summed E-state index contributed by atoms with van der Waals surface area (Å²) in [4.78, 5) is 19.0. The highest BCUT2D eigenvalue weighted by Gasteiger charge is 2.38. The van der Waals surface area contributed by atoms with Gasteiger partial charge in [-0.3, -0.25) is 0 Å². The fraction of sp³-hybridized carbons (Fsp3) is 0.615. The molecule has 11 heteroatoms. The topological polar surface area (TPSA) is 162 Å². The predicted octanol–water partition coefficient (Wildman–Crippen LogP) is -0.367. The van der Waals surface area contributed by atoms with Crippen LogP contribution in [-0.4, -0.2) is 52.1 Å². The van der Waals surface area contributed by atoms with Gasteiger partial charge in [0.2, 0.25) is 5.96 Å². The van der Waals surface area contributed by atoms with Crippen molar-refractivity contribution in [3.8, 4) is 0 Å². The Morgan fingerprint density at radius 1 is 1.25 bits per heavy atom. The van der Waals surface area contributed by atoms with Gasteiger partial charge in [-0.05, 0) is 20.8 Å². The van der Waals surface area contributed by atoms with Gasteiger partial charge in [0.05, 0.1) is 12.2 Å². The fourth-order valence-corrected chi connectivity index (χ4v) is 3.57. The Balaban J connectivity index is 2.18. The van der Waals surface area contributed by atoms with E-state index in [2.05, 4.69) is 10.1 Å². The number of carbonyl (C=O) groups excluding carboxylic acids is 1. The molecule has 0 fully saturated rings. The summed E-state index contributed by atoms with van der Waals surface area (Å²) < 4.78 is 5.41. The number of aliphatic imine (C=N–C) groups is 1. The van der Waals surface area contributed by atoms with Crippen LogP contribution in [0.1, 0.15) is 27.2 Å². The number of carbonyl (C=O) groups is 1. The molecule has 0 saturated heterocycles. The molecule has 0 radical (unpaired) electrons. The normalized spacial score (nSPS) is 20.5. The molecule has 0 aromatic heterocycles. The number of nitrogens with zero attached hydrogens (tertiary/aromatic N) is 4. The van der Waals surface area contributed by atoms with E-state index < -0.39 is 11.1 Å². The van der Waals surface area contributed by atoms with E-state index in [9.17, 15) is 4.79 Å². The summed E-state index contributed by atoms with van der Waals surface area (Å²) in [5.41, 5.74) is 21.8. The molecule has 2 rings (SSSR count). The third kappa shape index (κ3) is 4.37. The molecule has 134 valence electrons. The van der Waals surface area contributed by atoms with Gasteiger partial charge in [-0.1, -0.05) is 11.8 Å². The number of amides is 1. The molecule has 10 nitrogen and oxygen atoms in total. The Bertz CT molecular complexity index is 602. The minimum Gasteiger partial charge on any atom is -0.444 e. The standard InChI is InChI=1S/C13H24N8O2S/c1-13(2,3)23-12(22)20-5-4-7-8(6-20)24-11(18-9(14)15)21(7)19-10(16)17/h11H,4-6H2,1-3H3,(H4,14,15,18)(H4,16,17,19). The van der Waals surface area contributed by atoms with E-state index in [0.717, 1.165) is 10.6 Å². The molecule has 0 spiro atoms.